The molecule has 1 amide bonds. The van der Waals surface area contributed by atoms with Gasteiger partial charge in [-0.25, -0.2) is 0 Å². The molecule has 0 aliphatic heterocycles. The Kier molecular flexibility index (Phi) is 6.40. The molecule has 0 spiro atoms. The predicted octanol–water partition coefficient (Wildman–Crippen LogP) is 1.95. The van der Waals surface area contributed by atoms with Gasteiger partial charge in [-0.3, -0.25) is 4.79 Å². The second kappa shape index (κ2) is 6.73. The minimum absolute atomic E-state index is 0.0736. The van der Waals surface area contributed by atoms with E-state index >= 15 is 0 Å². The van der Waals surface area contributed by atoms with E-state index in [-0.39, 0.29) is 12.6 Å². The highest BCUT2D eigenvalue weighted by Crippen LogP contribution is 2.22. The van der Waals surface area contributed by atoms with Gasteiger partial charge in [0.25, 0.3) is 0 Å². The van der Waals surface area contributed by atoms with Gasteiger partial charge in [0.2, 0.25) is 5.91 Å². The van der Waals surface area contributed by atoms with Crippen LogP contribution in [0.3, 0.4) is 0 Å². The molecular formula is C10H18F3NO2. The van der Waals surface area contributed by atoms with Crippen LogP contribution in [0.2, 0.25) is 0 Å². The number of hydrogen-bond donors (Lipinski definition) is 1. The van der Waals surface area contributed by atoms with Crippen molar-refractivity contribution in [2.75, 3.05) is 13.2 Å². The van der Waals surface area contributed by atoms with Gasteiger partial charge < -0.3 is 10.0 Å². The number of hydrogen-bond acceptors (Lipinski definition) is 2. The topological polar surface area (TPSA) is 40.5 Å². The van der Waals surface area contributed by atoms with E-state index in [1.165, 1.54) is 4.90 Å². The van der Waals surface area contributed by atoms with Gasteiger partial charge in [0.15, 0.2) is 0 Å². The lowest BCUT2D eigenvalue weighted by Gasteiger charge is -2.26. The van der Waals surface area contributed by atoms with Crippen LogP contribution in [0.1, 0.15) is 33.1 Å². The molecule has 1 N–H and O–H groups in total. The molecule has 0 fully saturated rings. The molecule has 3 nitrogen and oxygen atoms in total. The third kappa shape index (κ3) is 6.66. The summed E-state index contributed by atoms with van der Waals surface area (Å²) in [6, 6.07) is -0.146. The van der Waals surface area contributed by atoms with E-state index in [9.17, 15) is 18.0 Å². The molecule has 0 heterocycles. The third-order valence-electron chi connectivity index (χ3n) is 2.12. The second-order valence-corrected chi connectivity index (χ2v) is 3.87. The highest BCUT2D eigenvalue weighted by atomic mass is 19.4. The lowest BCUT2D eigenvalue weighted by atomic mass is 10.2. The van der Waals surface area contributed by atoms with Gasteiger partial charge in [-0.05, 0) is 20.3 Å². The average molecular weight is 241 g/mol. The molecule has 0 aromatic carbocycles. The molecule has 0 atom stereocenters. The number of amides is 1. The SMILES string of the molecule is CC(C)N(CCCO)C(=O)CCC(F)(F)F. The van der Waals surface area contributed by atoms with Gasteiger partial charge in [0, 0.05) is 25.6 Å². The minimum Gasteiger partial charge on any atom is -0.396 e. The van der Waals surface area contributed by atoms with Crippen LogP contribution in [0.4, 0.5) is 13.2 Å². The molecule has 0 aromatic heterocycles. The predicted molar refractivity (Wildman–Crippen MR) is 53.8 cm³/mol. The van der Waals surface area contributed by atoms with Gasteiger partial charge >= 0.3 is 6.18 Å². The normalized spacial score (nSPS) is 11.9. The highest BCUT2D eigenvalue weighted by molar-refractivity contribution is 5.76. The summed E-state index contributed by atoms with van der Waals surface area (Å²) in [5.41, 5.74) is 0. The first-order chi connectivity index (χ1) is 7.28. The van der Waals surface area contributed by atoms with Gasteiger partial charge in [-0.1, -0.05) is 0 Å². The van der Waals surface area contributed by atoms with Crippen molar-refractivity contribution in [3.05, 3.63) is 0 Å². The van der Waals surface area contributed by atoms with Crippen LogP contribution in [0.25, 0.3) is 0 Å². The molecule has 0 aliphatic carbocycles. The number of halogens is 3. The fourth-order valence-corrected chi connectivity index (χ4v) is 1.30. The Bertz CT molecular complexity index is 217. The van der Waals surface area contributed by atoms with Crippen molar-refractivity contribution >= 4 is 5.91 Å². The smallest absolute Gasteiger partial charge is 0.389 e. The molecule has 0 unspecified atom stereocenters. The lowest BCUT2D eigenvalue weighted by Crippen LogP contribution is -2.38. The number of aliphatic hydroxyl groups is 1. The second-order valence-electron chi connectivity index (χ2n) is 3.87. The molecule has 96 valence electrons. The molecule has 0 bridgehead atoms. The van der Waals surface area contributed by atoms with Crippen LogP contribution in [0.15, 0.2) is 0 Å². The number of carbonyl (C=O) groups is 1. The summed E-state index contributed by atoms with van der Waals surface area (Å²) in [5, 5.41) is 8.62. The number of nitrogens with zero attached hydrogens (tertiary/aromatic N) is 1. The Labute approximate surface area is 93.2 Å². The Hall–Kier alpha value is -0.780. The van der Waals surface area contributed by atoms with Crippen LogP contribution < -0.4 is 0 Å². The summed E-state index contributed by atoms with van der Waals surface area (Å²) < 4.78 is 35.8. The minimum atomic E-state index is -4.30. The fraction of sp³-hybridized carbons (Fsp3) is 0.900. The highest BCUT2D eigenvalue weighted by Gasteiger charge is 2.29. The summed E-state index contributed by atoms with van der Waals surface area (Å²) in [6.45, 7) is 3.70. The summed E-state index contributed by atoms with van der Waals surface area (Å²) >= 11 is 0. The summed E-state index contributed by atoms with van der Waals surface area (Å²) in [6.07, 6.45) is -5.52. The maximum atomic E-state index is 11.9. The molecule has 16 heavy (non-hydrogen) atoms. The van der Waals surface area contributed by atoms with E-state index in [4.69, 9.17) is 5.11 Å². The largest absolute Gasteiger partial charge is 0.396 e. The van der Waals surface area contributed by atoms with Crippen molar-refractivity contribution in [2.24, 2.45) is 0 Å². The zero-order valence-corrected chi connectivity index (χ0v) is 9.55. The van der Waals surface area contributed by atoms with Crippen LogP contribution in [0, 0.1) is 0 Å². The van der Waals surface area contributed by atoms with Crippen LogP contribution in [-0.2, 0) is 4.79 Å². The van der Waals surface area contributed by atoms with E-state index in [0.29, 0.717) is 13.0 Å². The van der Waals surface area contributed by atoms with Crippen molar-refractivity contribution in [3.8, 4) is 0 Å². The van der Waals surface area contributed by atoms with Crippen molar-refractivity contribution in [3.63, 3.8) is 0 Å². The first kappa shape index (κ1) is 15.2. The number of carbonyl (C=O) groups excluding carboxylic acids is 1. The molecular weight excluding hydrogens is 223 g/mol. The Morgan fingerprint density at radius 2 is 1.94 bits per heavy atom. The molecule has 0 aromatic rings. The van der Waals surface area contributed by atoms with E-state index in [0.717, 1.165) is 0 Å². The standard InChI is InChI=1S/C10H18F3NO2/c1-8(2)14(6-3-7-15)9(16)4-5-10(11,12)13/h8,15H,3-7H2,1-2H3. The van der Waals surface area contributed by atoms with Gasteiger partial charge in [-0.15, -0.1) is 0 Å². The number of rotatable bonds is 6. The first-order valence-corrected chi connectivity index (χ1v) is 5.25. The molecule has 6 heteroatoms. The van der Waals surface area contributed by atoms with Crippen molar-refractivity contribution in [2.45, 2.75) is 45.3 Å². The van der Waals surface area contributed by atoms with Crippen molar-refractivity contribution in [1.82, 2.24) is 4.90 Å². The van der Waals surface area contributed by atoms with Gasteiger partial charge in [-0.2, -0.15) is 13.2 Å². The molecule has 0 saturated heterocycles. The Morgan fingerprint density at radius 3 is 2.31 bits per heavy atom. The van der Waals surface area contributed by atoms with Crippen molar-refractivity contribution < 1.29 is 23.1 Å². The average Bonchev–Trinajstić information content (AvgIpc) is 2.13. The quantitative estimate of drug-likeness (QED) is 0.772. The third-order valence-corrected chi connectivity index (χ3v) is 2.12. The maximum Gasteiger partial charge on any atom is 0.389 e. The zero-order chi connectivity index (χ0) is 12.8. The van der Waals surface area contributed by atoms with Gasteiger partial charge in [0.05, 0.1) is 6.42 Å². The Morgan fingerprint density at radius 1 is 1.38 bits per heavy atom. The van der Waals surface area contributed by atoms with E-state index in [1.54, 1.807) is 13.8 Å². The monoisotopic (exact) mass is 241 g/mol. The number of alkyl halides is 3. The van der Waals surface area contributed by atoms with Crippen LogP contribution in [0.5, 0.6) is 0 Å². The summed E-state index contributed by atoms with van der Waals surface area (Å²) in [5.74, 6) is -0.513. The zero-order valence-electron chi connectivity index (χ0n) is 9.55. The number of aliphatic hydroxyl groups excluding tert-OH is 1. The summed E-state index contributed by atoms with van der Waals surface area (Å²) in [7, 11) is 0. The molecule has 0 aliphatic rings. The molecule has 0 rings (SSSR count). The van der Waals surface area contributed by atoms with E-state index in [2.05, 4.69) is 0 Å². The molecule has 0 radical (unpaired) electrons. The van der Waals surface area contributed by atoms with Gasteiger partial charge in [0.1, 0.15) is 0 Å². The van der Waals surface area contributed by atoms with Crippen LogP contribution in [-0.4, -0.2) is 41.3 Å². The fourth-order valence-electron chi connectivity index (χ4n) is 1.30. The van der Waals surface area contributed by atoms with E-state index < -0.39 is 24.9 Å². The van der Waals surface area contributed by atoms with E-state index in [1.807, 2.05) is 0 Å². The summed E-state index contributed by atoms with van der Waals surface area (Å²) in [4.78, 5) is 12.8. The maximum absolute atomic E-state index is 11.9. The Balaban J connectivity index is 4.17. The van der Waals surface area contributed by atoms with Crippen LogP contribution >= 0.6 is 0 Å². The first-order valence-electron chi connectivity index (χ1n) is 5.25. The van der Waals surface area contributed by atoms with Crippen molar-refractivity contribution in [1.29, 1.82) is 0 Å². The molecule has 0 saturated carbocycles. The lowest BCUT2D eigenvalue weighted by molar-refractivity contribution is -0.150.